The van der Waals surface area contributed by atoms with Crippen LogP contribution in [-0.2, 0) is 10.0 Å². The molecule has 3 N–H and O–H groups in total. The van der Waals surface area contributed by atoms with Crippen LogP contribution >= 0.6 is 15.9 Å². The van der Waals surface area contributed by atoms with Crippen LogP contribution in [-0.4, -0.2) is 31.5 Å². The topological polar surface area (TPSA) is 96.0 Å². The third-order valence-corrected chi connectivity index (χ3v) is 5.60. The van der Waals surface area contributed by atoms with E-state index in [4.69, 9.17) is 0 Å². The van der Waals surface area contributed by atoms with Crippen LogP contribution in [0.25, 0.3) is 0 Å². The molecule has 0 fully saturated rings. The molecular weight excluding hydrogens is 382 g/mol. The minimum absolute atomic E-state index is 0.257. The number of hydrogen-bond donors (Lipinski definition) is 3. The third-order valence-electron chi connectivity index (χ3n) is 3.42. The number of nitrogens with one attached hydrogen (secondary N) is 3. The maximum Gasteiger partial charge on any atom is 0.240 e. The van der Waals surface area contributed by atoms with Crippen molar-refractivity contribution < 1.29 is 8.42 Å². The van der Waals surface area contributed by atoms with Crippen molar-refractivity contribution in [1.82, 2.24) is 14.7 Å². The highest BCUT2D eigenvalue weighted by Gasteiger charge is 2.18. The highest BCUT2D eigenvalue weighted by atomic mass is 79.9. The van der Waals surface area contributed by atoms with Gasteiger partial charge in [-0.2, -0.15) is 4.98 Å². The first-order valence-corrected chi connectivity index (χ1v) is 9.37. The van der Waals surface area contributed by atoms with Gasteiger partial charge in [-0.05, 0) is 47.0 Å². The number of rotatable bonds is 0. The zero-order valence-corrected chi connectivity index (χ0v) is 14.8. The zero-order valence-electron chi connectivity index (χ0n) is 12.4. The fraction of sp³-hybridized carbons (Fsp3) is 0.286. The molecule has 2 heterocycles. The second kappa shape index (κ2) is 6.42. The molecule has 122 valence electrons. The lowest BCUT2D eigenvalue weighted by Gasteiger charge is -2.11. The molecule has 9 heteroatoms. The van der Waals surface area contributed by atoms with Crippen LogP contribution in [0.4, 0.5) is 17.5 Å². The van der Waals surface area contributed by atoms with E-state index in [0.29, 0.717) is 42.5 Å². The third kappa shape index (κ3) is 3.62. The second-order valence-corrected chi connectivity index (χ2v) is 7.76. The standard InChI is InChI=1S/C14H16BrN5O2S/c1-9-3-4-10-7-12(9)23(21,22)18-6-2-5-16-13-11(15)8-17-14(19-10)20-13/h3-4,7-8,18H,2,5-6H2,1H3,(H2,16,17,19,20). The van der Waals surface area contributed by atoms with E-state index >= 15 is 0 Å². The summed E-state index contributed by atoms with van der Waals surface area (Å²) in [5.41, 5.74) is 1.30. The Kier molecular flexibility index (Phi) is 4.51. The molecule has 0 atom stereocenters. The maximum atomic E-state index is 12.4. The van der Waals surface area contributed by atoms with Crippen LogP contribution in [0.5, 0.6) is 0 Å². The molecule has 0 aliphatic carbocycles. The summed E-state index contributed by atoms with van der Waals surface area (Å²) in [6.45, 7) is 2.71. The van der Waals surface area contributed by atoms with Crippen molar-refractivity contribution in [2.45, 2.75) is 18.2 Å². The van der Waals surface area contributed by atoms with Gasteiger partial charge >= 0.3 is 0 Å². The Hall–Kier alpha value is -1.71. The van der Waals surface area contributed by atoms with Crippen LogP contribution in [0.1, 0.15) is 12.0 Å². The Morgan fingerprint density at radius 2 is 2.09 bits per heavy atom. The molecule has 1 aliphatic heterocycles. The molecule has 1 aromatic heterocycles. The summed E-state index contributed by atoms with van der Waals surface area (Å²) in [5, 5.41) is 6.20. The number of benzene rings is 1. The summed E-state index contributed by atoms with van der Waals surface area (Å²) >= 11 is 3.40. The van der Waals surface area contributed by atoms with Gasteiger partial charge < -0.3 is 10.6 Å². The highest BCUT2D eigenvalue weighted by molar-refractivity contribution is 9.10. The molecule has 1 aliphatic rings. The Balaban J connectivity index is 2.06. The average molecular weight is 398 g/mol. The quantitative estimate of drug-likeness (QED) is 0.631. The van der Waals surface area contributed by atoms with E-state index in [0.717, 1.165) is 4.47 Å². The number of fused-ring (bicyclic) bond motifs is 4. The van der Waals surface area contributed by atoms with Crippen LogP contribution in [0.15, 0.2) is 33.8 Å². The first-order valence-electron chi connectivity index (χ1n) is 7.09. The summed E-state index contributed by atoms with van der Waals surface area (Å²) in [7, 11) is -3.54. The number of aryl methyl sites for hydroxylation is 1. The van der Waals surface area contributed by atoms with Gasteiger partial charge in [0.25, 0.3) is 0 Å². The van der Waals surface area contributed by atoms with Crippen LogP contribution in [0, 0.1) is 6.92 Å². The van der Waals surface area contributed by atoms with E-state index in [1.165, 1.54) is 0 Å². The second-order valence-electron chi connectivity index (χ2n) is 5.17. The fourth-order valence-corrected chi connectivity index (χ4v) is 3.90. The lowest BCUT2D eigenvalue weighted by atomic mass is 10.2. The van der Waals surface area contributed by atoms with E-state index in [9.17, 15) is 8.42 Å². The molecule has 0 spiro atoms. The molecule has 3 rings (SSSR count). The monoisotopic (exact) mass is 397 g/mol. The van der Waals surface area contributed by atoms with Crippen molar-refractivity contribution in [3.63, 3.8) is 0 Å². The van der Waals surface area contributed by atoms with E-state index < -0.39 is 10.0 Å². The molecule has 0 saturated heterocycles. The van der Waals surface area contributed by atoms with Gasteiger partial charge in [-0.25, -0.2) is 18.1 Å². The Morgan fingerprint density at radius 1 is 1.26 bits per heavy atom. The molecular formula is C14H16BrN5O2S. The number of anilines is 3. The molecule has 4 bridgehead atoms. The van der Waals surface area contributed by atoms with E-state index in [1.807, 2.05) is 0 Å². The molecule has 0 unspecified atom stereocenters. The smallest absolute Gasteiger partial charge is 0.240 e. The average Bonchev–Trinajstić information content (AvgIpc) is 2.51. The number of aromatic nitrogens is 2. The Labute approximate surface area is 143 Å². The first kappa shape index (κ1) is 16.2. The first-order chi connectivity index (χ1) is 11.0. The normalized spacial score (nSPS) is 17.0. The summed E-state index contributed by atoms with van der Waals surface area (Å²) < 4.78 is 28.2. The Bertz CT molecular complexity index is 841. The van der Waals surface area contributed by atoms with E-state index in [1.54, 1.807) is 31.3 Å². The van der Waals surface area contributed by atoms with Gasteiger partial charge in [0.1, 0.15) is 5.82 Å². The lowest BCUT2D eigenvalue weighted by molar-refractivity contribution is 0.579. The van der Waals surface area contributed by atoms with Gasteiger partial charge in [0.05, 0.1) is 9.37 Å². The highest BCUT2D eigenvalue weighted by Crippen LogP contribution is 2.25. The van der Waals surface area contributed by atoms with Gasteiger partial charge in [0, 0.05) is 25.0 Å². The minimum Gasteiger partial charge on any atom is -0.369 e. The van der Waals surface area contributed by atoms with Gasteiger partial charge in [0.2, 0.25) is 16.0 Å². The summed E-state index contributed by atoms with van der Waals surface area (Å²) in [4.78, 5) is 8.85. The number of sulfonamides is 1. The molecule has 0 radical (unpaired) electrons. The van der Waals surface area contributed by atoms with Crippen LogP contribution < -0.4 is 15.4 Å². The number of hydrogen-bond acceptors (Lipinski definition) is 6. The lowest BCUT2D eigenvalue weighted by Crippen LogP contribution is -2.26. The van der Waals surface area contributed by atoms with Crippen molar-refractivity contribution in [3.05, 3.63) is 34.4 Å². The van der Waals surface area contributed by atoms with Crippen molar-refractivity contribution in [2.75, 3.05) is 23.7 Å². The maximum absolute atomic E-state index is 12.4. The molecule has 2 aromatic rings. The van der Waals surface area contributed by atoms with Gasteiger partial charge in [-0.15, -0.1) is 0 Å². The van der Waals surface area contributed by atoms with Crippen molar-refractivity contribution in [2.24, 2.45) is 0 Å². The van der Waals surface area contributed by atoms with Gasteiger partial charge in [0.15, 0.2) is 0 Å². The minimum atomic E-state index is -3.54. The van der Waals surface area contributed by atoms with Gasteiger partial charge in [-0.1, -0.05) is 6.07 Å². The zero-order chi connectivity index (χ0) is 16.4. The predicted octanol–water partition coefficient (Wildman–Crippen LogP) is 2.39. The SMILES string of the molecule is Cc1ccc2cc1S(=O)(=O)NCCCNc1nc(ncc1Br)N2. The molecule has 23 heavy (non-hydrogen) atoms. The molecule has 0 amide bonds. The van der Waals surface area contributed by atoms with Crippen molar-refractivity contribution in [1.29, 1.82) is 0 Å². The molecule has 0 saturated carbocycles. The number of halogens is 1. The largest absolute Gasteiger partial charge is 0.369 e. The van der Waals surface area contributed by atoms with Crippen LogP contribution in [0.2, 0.25) is 0 Å². The Morgan fingerprint density at radius 3 is 2.91 bits per heavy atom. The molecule has 7 nitrogen and oxygen atoms in total. The summed E-state index contributed by atoms with van der Waals surface area (Å²) in [6.07, 6.45) is 2.29. The van der Waals surface area contributed by atoms with Crippen molar-refractivity contribution in [3.8, 4) is 0 Å². The predicted molar refractivity (Wildman–Crippen MR) is 92.5 cm³/mol. The van der Waals surface area contributed by atoms with E-state index in [2.05, 4.69) is 41.3 Å². The van der Waals surface area contributed by atoms with E-state index in [-0.39, 0.29) is 4.90 Å². The molecule has 1 aromatic carbocycles. The van der Waals surface area contributed by atoms with Crippen LogP contribution in [0.3, 0.4) is 0 Å². The summed E-state index contributed by atoms with van der Waals surface area (Å²) in [6, 6.07) is 5.15. The van der Waals surface area contributed by atoms with Gasteiger partial charge in [-0.3, -0.25) is 0 Å². The van der Waals surface area contributed by atoms with Crippen molar-refractivity contribution >= 4 is 43.4 Å². The summed E-state index contributed by atoms with van der Waals surface area (Å²) in [5.74, 6) is 1.06. The number of nitrogens with zero attached hydrogens (tertiary/aromatic N) is 2. The fourth-order valence-electron chi connectivity index (χ4n) is 2.23.